The average molecular weight is 244 g/mol. The fourth-order valence-corrected chi connectivity index (χ4v) is 1.97. The molecule has 0 bridgehead atoms. The van der Waals surface area contributed by atoms with Crippen molar-refractivity contribution in [2.24, 2.45) is 0 Å². The molecule has 0 spiro atoms. The molecule has 1 atom stereocenters. The first kappa shape index (κ1) is 13.3. The summed E-state index contributed by atoms with van der Waals surface area (Å²) in [5.74, 6) is 0.663. The summed E-state index contributed by atoms with van der Waals surface area (Å²) in [5.41, 5.74) is 2.07. The van der Waals surface area contributed by atoms with Crippen molar-refractivity contribution in [2.75, 3.05) is 20.3 Å². The Balaban J connectivity index is 3.08. The molecule has 3 nitrogen and oxygen atoms in total. The number of nitrogens with one attached hydrogen (secondary N) is 1. The molecule has 90 valence electrons. The fourth-order valence-electron chi connectivity index (χ4n) is 1.72. The van der Waals surface area contributed by atoms with Gasteiger partial charge < -0.3 is 15.2 Å². The molecule has 0 saturated carbocycles. The highest BCUT2D eigenvalue weighted by molar-refractivity contribution is 6.32. The standard InChI is InChI=1S/C12H18ClNO2/c1-4-14-11(7-15)9-6-10(13)12(16-3)5-8(9)2/h5-6,11,14-15H,4,7H2,1-3H3. The lowest BCUT2D eigenvalue weighted by Crippen LogP contribution is -2.24. The van der Waals surface area contributed by atoms with Crippen LogP contribution < -0.4 is 10.1 Å². The predicted octanol–water partition coefficient (Wildman–Crippen LogP) is 2.30. The first-order valence-corrected chi connectivity index (χ1v) is 5.70. The lowest BCUT2D eigenvalue weighted by Gasteiger charge is -2.19. The monoisotopic (exact) mass is 243 g/mol. The van der Waals surface area contributed by atoms with Crippen LogP contribution in [0.15, 0.2) is 12.1 Å². The first-order valence-electron chi connectivity index (χ1n) is 5.32. The van der Waals surface area contributed by atoms with Crippen molar-refractivity contribution >= 4 is 11.6 Å². The minimum Gasteiger partial charge on any atom is -0.495 e. The molecule has 1 aromatic rings. The van der Waals surface area contributed by atoms with Crippen LogP contribution in [0, 0.1) is 6.92 Å². The van der Waals surface area contributed by atoms with E-state index in [2.05, 4.69) is 5.32 Å². The molecule has 0 aromatic heterocycles. The van der Waals surface area contributed by atoms with Crippen molar-refractivity contribution in [1.82, 2.24) is 5.32 Å². The Morgan fingerprint density at radius 3 is 2.69 bits per heavy atom. The first-order chi connectivity index (χ1) is 7.63. The molecule has 0 amide bonds. The van der Waals surface area contributed by atoms with Crippen molar-refractivity contribution in [3.05, 3.63) is 28.3 Å². The van der Waals surface area contributed by atoms with Gasteiger partial charge in [-0.3, -0.25) is 0 Å². The summed E-state index contributed by atoms with van der Waals surface area (Å²) in [6.07, 6.45) is 0. The van der Waals surface area contributed by atoms with Crippen LogP contribution in [0.4, 0.5) is 0 Å². The molecule has 2 N–H and O–H groups in total. The predicted molar refractivity (Wildman–Crippen MR) is 66.2 cm³/mol. The summed E-state index contributed by atoms with van der Waals surface area (Å²) in [6, 6.07) is 3.66. The molecule has 0 radical (unpaired) electrons. The van der Waals surface area contributed by atoms with Crippen LogP contribution >= 0.6 is 11.6 Å². The molecule has 0 aliphatic rings. The fraction of sp³-hybridized carbons (Fsp3) is 0.500. The van der Waals surface area contributed by atoms with Gasteiger partial charge in [0, 0.05) is 0 Å². The number of hydrogen-bond donors (Lipinski definition) is 2. The second-order valence-electron chi connectivity index (χ2n) is 3.64. The van der Waals surface area contributed by atoms with Crippen molar-refractivity contribution in [3.8, 4) is 5.75 Å². The number of rotatable bonds is 5. The number of hydrogen-bond acceptors (Lipinski definition) is 3. The summed E-state index contributed by atoms with van der Waals surface area (Å²) in [6.45, 7) is 4.84. The van der Waals surface area contributed by atoms with Crippen molar-refractivity contribution in [3.63, 3.8) is 0 Å². The molecule has 4 heteroatoms. The zero-order valence-corrected chi connectivity index (χ0v) is 10.6. The van der Waals surface area contributed by atoms with Gasteiger partial charge in [0.2, 0.25) is 0 Å². The minimum absolute atomic E-state index is 0.0529. The molecule has 0 saturated heterocycles. The third-order valence-electron chi connectivity index (χ3n) is 2.55. The third kappa shape index (κ3) is 2.88. The van der Waals surface area contributed by atoms with E-state index >= 15 is 0 Å². The molecule has 0 fully saturated rings. The number of likely N-dealkylation sites (N-methyl/N-ethyl adjacent to an activating group) is 1. The Labute approximate surface area is 101 Å². The Kier molecular flexibility index (Phi) is 5.06. The second kappa shape index (κ2) is 6.09. The minimum atomic E-state index is -0.0755. The van der Waals surface area contributed by atoms with Gasteiger partial charge in [0.25, 0.3) is 0 Å². The van der Waals surface area contributed by atoms with E-state index < -0.39 is 0 Å². The van der Waals surface area contributed by atoms with Crippen LogP contribution in [0.1, 0.15) is 24.1 Å². The molecular weight excluding hydrogens is 226 g/mol. The smallest absolute Gasteiger partial charge is 0.137 e. The molecule has 1 aromatic carbocycles. The Hall–Kier alpha value is -0.770. The lowest BCUT2D eigenvalue weighted by molar-refractivity contribution is 0.246. The van der Waals surface area contributed by atoms with Gasteiger partial charge in [0.15, 0.2) is 0 Å². The Morgan fingerprint density at radius 2 is 2.19 bits per heavy atom. The van der Waals surface area contributed by atoms with Crippen LogP contribution in [-0.2, 0) is 0 Å². The van der Waals surface area contributed by atoms with Gasteiger partial charge in [0.05, 0.1) is 24.8 Å². The highest BCUT2D eigenvalue weighted by Crippen LogP contribution is 2.30. The summed E-state index contributed by atoms with van der Waals surface area (Å²) < 4.78 is 5.14. The SMILES string of the molecule is CCNC(CO)c1cc(Cl)c(OC)cc1C. The van der Waals surface area contributed by atoms with E-state index in [9.17, 15) is 5.11 Å². The van der Waals surface area contributed by atoms with Crippen LogP contribution in [0.3, 0.4) is 0 Å². The van der Waals surface area contributed by atoms with Crippen molar-refractivity contribution < 1.29 is 9.84 Å². The molecular formula is C12H18ClNO2. The maximum Gasteiger partial charge on any atom is 0.137 e. The summed E-state index contributed by atoms with van der Waals surface area (Å²) in [5, 5.41) is 13.1. The van der Waals surface area contributed by atoms with E-state index in [0.29, 0.717) is 10.8 Å². The average Bonchev–Trinajstić information content (AvgIpc) is 2.28. The summed E-state index contributed by atoms with van der Waals surface area (Å²) >= 11 is 6.07. The zero-order valence-electron chi connectivity index (χ0n) is 9.88. The van der Waals surface area contributed by atoms with E-state index in [-0.39, 0.29) is 12.6 Å². The number of benzene rings is 1. The number of aliphatic hydroxyl groups is 1. The molecule has 1 unspecified atom stereocenters. The highest BCUT2D eigenvalue weighted by Gasteiger charge is 2.14. The number of aliphatic hydroxyl groups excluding tert-OH is 1. The van der Waals surface area contributed by atoms with Gasteiger partial charge in [0.1, 0.15) is 5.75 Å². The largest absolute Gasteiger partial charge is 0.495 e. The van der Waals surface area contributed by atoms with Crippen LogP contribution in [0.2, 0.25) is 5.02 Å². The number of ether oxygens (including phenoxy) is 1. The van der Waals surface area contributed by atoms with Crippen molar-refractivity contribution in [2.45, 2.75) is 19.9 Å². The van der Waals surface area contributed by atoms with Gasteiger partial charge in [-0.05, 0) is 36.7 Å². The highest BCUT2D eigenvalue weighted by atomic mass is 35.5. The Bertz CT molecular complexity index is 355. The van der Waals surface area contributed by atoms with E-state index in [4.69, 9.17) is 16.3 Å². The van der Waals surface area contributed by atoms with Crippen LogP contribution in [-0.4, -0.2) is 25.4 Å². The normalized spacial score (nSPS) is 12.6. The summed E-state index contributed by atoms with van der Waals surface area (Å²) in [4.78, 5) is 0. The van der Waals surface area contributed by atoms with E-state index in [1.165, 1.54) is 0 Å². The third-order valence-corrected chi connectivity index (χ3v) is 2.84. The van der Waals surface area contributed by atoms with Gasteiger partial charge in [-0.1, -0.05) is 18.5 Å². The van der Waals surface area contributed by atoms with E-state index in [0.717, 1.165) is 17.7 Å². The van der Waals surface area contributed by atoms with E-state index in [1.54, 1.807) is 7.11 Å². The van der Waals surface area contributed by atoms with Gasteiger partial charge in [-0.2, -0.15) is 0 Å². The molecule has 0 aliphatic heterocycles. The van der Waals surface area contributed by atoms with Crippen LogP contribution in [0.25, 0.3) is 0 Å². The maximum atomic E-state index is 9.32. The van der Waals surface area contributed by atoms with Gasteiger partial charge in [-0.15, -0.1) is 0 Å². The van der Waals surface area contributed by atoms with Crippen LogP contribution in [0.5, 0.6) is 5.75 Å². The molecule has 0 aliphatic carbocycles. The lowest BCUT2D eigenvalue weighted by atomic mass is 10.0. The van der Waals surface area contributed by atoms with Gasteiger partial charge in [-0.25, -0.2) is 0 Å². The van der Waals surface area contributed by atoms with Crippen molar-refractivity contribution in [1.29, 1.82) is 0 Å². The zero-order chi connectivity index (χ0) is 12.1. The number of aryl methyl sites for hydroxylation is 1. The quantitative estimate of drug-likeness (QED) is 0.834. The van der Waals surface area contributed by atoms with E-state index in [1.807, 2.05) is 26.0 Å². The number of halogens is 1. The number of methoxy groups -OCH3 is 1. The topological polar surface area (TPSA) is 41.5 Å². The maximum absolute atomic E-state index is 9.32. The molecule has 1 rings (SSSR count). The second-order valence-corrected chi connectivity index (χ2v) is 4.04. The Morgan fingerprint density at radius 1 is 1.50 bits per heavy atom. The molecule has 0 heterocycles. The molecule has 16 heavy (non-hydrogen) atoms. The van der Waals surface area contributed by atoms with Gasteiger partial charge >= 0.3 is 0 Å². The summed E-state index contributed by atoms with van der Waals surface area (Å²) in [7, 11) is 1.59.